The topological polar surface area (TPSA) is 86.1 Å². The van der Waals surface area contributed by atoms with Gasteiger partial charge < -0.3 is 10.1 Å². The zero-order valence-electron chi connectivity index (χ0n) is 17.1. The van der Waals surface area contributed by atoms with Gasteiger partial charge in [0.05, 0.1) is 30.0 Å². The van der Waals surface area contributed by atoms with Gasteiger partial charge in [0.1, 0.15) is 15.3 Å². The third-order valence-electron chi connectivity index (χ3n) is 5.88. The van der Waals surface area contributed by atoms with E-state index in [-0.39, 0.29) is 17.5 Å². The maximum absolute atomic E-state index is 13.2. The van der Waals surface area contributed by atoms with E-state index in [0.29, 0.717) is 37.4 Å². The number of carbonyl (C=O) groups is 1. The fourth-order valence-electron chi connectivity index (χ4n) is 4.23. The summed E-state index contributed by atoms with van der Waals surface area (Å²) in [5, 5.41) is 3.66. The largest absolute Gasteiger partial charge is 0.497 e. The molecule has 3 heterocycles. The quantitative estimate of drug-likeness (QED) is 0.500. The molecule has 0 unspecified atom stereocenters. The Balaban J connectivity index is 1.54. The Kier molecular flexibility index (Phi) is 5.15. The molecular formula is C23H22N4O3S. The minimum absolute atomic E-state index is 0.0210. The van der Waals surface area contributed by atoms with Crippen molar-refractivity contribution in [3.63, 3.8) is 0 Å². The second-order valence-electron chi connectivity index (χ2n) is 7.75. The van der Waals surface area contributed by atoms with Gasteiger partial charge in [-0.3, -0.25) is 14.2 Å². The fourth-order valence-corrected chi connectivity index (χ4v) is 5.29. The molecule has 158 valence electrons. The van der Waals surface area contributed by atoms with Crippen LogP contribution in [0.5, 0.6) is 5.75 Å². The second kappa shape index (κ2) is 8.11. The lowest BCUT2D eigenvalue weighted by Gasteiger charge is -2.23. The number of anilines is 1. The number of pyridine rings is 1. The zero-order valence-corrected chi connectivity index (χ0v) is 17.9. The number of hydrogen-bond donors (Lipinski definition) is 1. The average Bonchev–Trinajstić information content (AvgIpc) is 3.20. The van der Waals surface area contributed by atoms with E-state index >= 15 is 0 Å². The zero-order chi connectivity index (χ0) is 21.4. The molecule has 0 atom stereocenters. The molecule has 31 heavy (non-hydrogen) atoms. The van der Waals surface area contributed by atoms with Crippen LogP contribution < -0.4 is 15.6 Å². The minimum atomic E-state index is -0.245. The van der Waals surface area contributed by atoms with E-state index in [4.69, 9.17) is 4.74 Å². The molecule has 1 aromatic carbocycles. The van der Waals surface area contributed by atoms with Crippen LogP contribution in [0.25, 0.3) is 20.4 Å². The Hall–Kier alpha value is -3.26. The van der Waals surface area contributed by atoms with Crippen LogP contribution in [0, 0.1) is 0 Å². The third kappa shape index (κ3) is 3.57. The molecule has 4 aromatic rings. The Labute approximate surface area is 182 Å². The van der Waals surface area contributed by atoms with Crippen LogP contribution >= 0.6 is 11.3 Å². The van der Waals surface area contributed by atoms with Gasteiger partial charge in [0.25, 0.3) is 11.5 Å². The SMILES string of the molecule is COc1ccc(C(=O)Nc2ccnc3sc4c(=O)n(C5CCCCC5)cnc4c23)cc1. The molecule has 1 amide bonds. The summed E-state index contributed by atoms with van der Waals surface area (Å²) < 4.78 is 7.52. The highest BCUT2D eigenvalue weighted by Gasteiger charge is 2.21. The monoisotopic (exact) mass is 434 g/mol. The molecule has 0 bridgehead atoms. The number of fused-ring (bicyclic) bond motifs is 3. The lowest BCUT2D eigenvalue weighted by atomic mass is 9.95. The number of benzene rings is 1. The van der Waals surface area contributed by atoms with E-state index in [9.17, 15) is 9.59 Å². The maximum Gasteiger partial charge on any atom is 0.271 e. The number of aromatic nitrogens is 3. The summed E-state index contributed by atoms with van der Waals surface area (Å²) in [6, 6.07) is 8.85. The first-order valence-corrected chi connectivity index (χ1v) is 11.2. The van der Waals surface area contributed by atoms with Crippen molar-refractivity contribution in [2.24, 2.45) is 0 Å². The predicted octanol–water partition coefficient (Wildman–Crippen LogP) is 4.77. The van der Waals surface area contributed by atoms with Gasteiger partial charge >= 0.3 is 0 Å². The Morgan fingerprint density at radius 3 is 2.65 bits per heavy atom. The smallest absolute Gasteiger partial charge is 0.271 e. The molecule has 3 aromatic heterocycles. The number of methoxy groups -OCH3 is 1. The van der Waals surface area contributed by atoms with E-state index in [1.165, 1.54) is 17.8 Å². The molecule has 0 spiro atoms. The van der Waals surface area contributed by atoms with Crippen molar-refractivity contribution in [3.05, 3.63) is 58.8 Å². The molecule has 8 heteroatoms. The molecule has 1 N–H and O–H groups in total. The molecule has 1 saturated carbocycles. The second-order valence-corrected chi connectivity index (χ2v) is 8.75. The Morgan fingerprint density at radius 2 is 1.90 bits per heavy atom. The van der Waals surface area contributed by atoms with Crippen molar-refractivity contribution in [3.8, 4) is 5.75 Å². The highest BCUT2D eigenvalue weighted by Crippen LogP contribution is 2.35. The van der Waals surface area contributed by atoms with Crippen molar-refractivity contribution >= 4 is 43.4 Å². The van der Waals surface area contributed by atoms with Crippen molar-refractivity contribution in [2.45, 2.75) is 38.1 Å². The van der Waals surface area contributed by atoms with Gasteiger partial charge in [-0.25, -0.2) is 9.97 Å². The first-order valence-electron chi connectivity index (χ1n) is 10.4. The summed E-state index contributed by atoms with van der Waals surface area (Å²) in [6.07, 6.45) is 8.84. The molecule has 1 fully saturated rings. The summed E-state index contributed by atoms with van der Waals surface area (Å²) >= 11 is 1.33. The summed E-state index contributed by atoms with van der Waals surface area (Å²) in [6.45, 7) is 0. The van der Waals surface area contributed by atoms with Crippen LogP contribution in [0.3, 0.4) is 0 Å². The Morgan fingerprint density at radius 1 is 1.13 bits per heavy atom. The molecule has 5 rings (SSSR count). The van der Waals surface area contributed by atoms with Gasteiger partial charge in [-0.05, 0) is 43.2 Å². The van der Waals surface area contributed by atoms with Crippen molar-refractivity contribution in [1.29, 1.82) is 0 Å². The minimum Gasteiger partial charge on any atom is -0.497 e. The lowest BCUT2D eigenvalue weighted by Crippen LogP contribution is -2.26. The molecule has 7 nitrogen and oxygen atoms in total. The number of nitrogens with one attached hydrogen (secondary N) is 1. The van der Waals surface area contributed by atoms with Crippen LogP contribution in [0.15, 0.2) is 47.7 Å². The highest BCUT2D eigenvalue weighted by molar-refractivity contribution is 7.25. The highest BCUT2D eigenvalue weighted by atomic mass is 32.1. The van der Waals surface area contributed by atoms with Gasteiger partial charge in [-0.15, -0.1) is 11.3 Å². The first-order chi connectivity index (χ1) is 15.2. The lowest BCUT2D eigenvalue weighted by molar-refractivity contribution is 0.102. The number of nitrogens with zero attached hydrogens (tertiary/aromatic N) is 3. The van der Waals surface area contributed by atoms with E-state index < -0.39 is 0 Å². The molecule has 0 aliphatic heterocycles. The van der Waals surface area contributed by atoms with Gasteiger partial charge in [0, 0.05) is 17.8 Å². The first kappa shape index (κ1) is 19.7. The number of carbonyl (C=O) groups excluding carboxylic acids is 1. The summed E-state index contributed by atoms with van der Waals surface area (Å²) in [5.41, 5.74) is 1.68. The number of ether oxygens (including phenoxy) is 1. The van der Waals surface area contributed by atoms with Crippen LogP contribution in [0.2, 0.25) is 0 Å². The van der Waals surface area contributed by atoms with Gasteiger partial charge in [0.2, 0.25) is 0 Å². The molecular weight excluding hydrogens is 412 g/mol. The molecule has 1 aliphatic carbocycles. The van der Waals surface area contributed by atoms with Crippen LogP contribution in [-0.2, 0) is 0 Å². The van der Waals surface area contributed by atoms with E-state index in [2.05, 4.69) is 15.3 Å². The van der Waals surface area contributed by atoms with E-state index in [1.54, 1.807) is 54.5 Å². The van der Waals surface area contributed by atoms with Crippen molar-refractivity contribution < 1.29 is 9.53 Å². The van der Waals surface area contributed by atoms with Crippen LogP contribution in [0.1, 0.15) is 48.5 Å². The molecule has 0 saturated heterocycles. The van der Waals surface area contributed by atoms with Crippen LogP contribution in [0.4, 0.5) is 5.69 Å². The van der Waals surface area contributed by atoms with Crippen molar-refractivity contribution in [1.82, 2.24) is 14.5 Å². The standard InChI is InChI=1S/C23H22N4O3S/c1-30-16-9-7-14(8-10-16)21(28)26-17-11-12-24-22-18(17)19-20(31-22)23(29)27(13-25-19)15-5-3-2-4-6-15/h7-13,15H,2-6H2,1H3,(H,24,26,28). The fraction of sp³-hybridized carbons (Fsp3) is 0.304. The van der Waals surface area contributed by atoms with Gasteiger partial charge in [-0.1, -0.05) is 19.3 Å². The molecule has 1 aliphatic rings. The van der Waals surface area contributed by atoms with Gasteiger partial charge in [-0.2, -0.15) is 0 Å². The third-order valence-corrected chi connectivity index (χ3v) is 6.95. The summed E-state index contributed by atoms with van der Waals surface area (Å²) in [4.78, 5) is 35.8. The number of amides is 1. The number of rotatable bonds is 4. The summed E-state index contributed by atoms with van der Waals surface area (Å²) in [7, 11) is 1.58. The number of hydrogen-bond acceptors (Lipinski definition) is 6. The van der Waals surface area contributed by atoms with E-state index in [0.717, 1.165) is 25.7 Å². The Bertz CT molecular complexity index is 1320. The summed E-state index contributed by atoms with van der Waals surface area (Å²) in [5.74, 6) is 0.440. The van der Waals surface area contributed by atoms with Crippen LogP contribution in [-0.4, -0.2) is 27.6 Å². The van der Waals surface area contributed by atoms with Gasteiger partial charge in [0.15, 0.2) is 0 Å². The van der Waals surface area contributed by atoms with E-state index in [1.807, 2.05) is 0 Å². The average molecular weight is 435 g/mol. The number of thiophene rings is 1. The predicted molar refractivity (Wildman–Crippen MR) is 122 cm³/mol. The molecule has 0 radical (unpaired) electrons. The maximum atomic E-state index is 13.2. The van der Waals surface area contributed by atoms with Crippen molar-refractivity contribution in [2.75, 3.05) is 12.4 Å². The normalized spacial score (nSPS) is 14.7.